The van der Waals surface area contributed by atoms with E-state index >= 15 is 0 Å². The van der Waals surface area contributed by atoms with Gasteiger partial charge in [0.05, 0.1) is 11.1 Å². The van der Waals surface area contributed by atoms with E-state index in [0.717, 1.165) is 77.7 Å². The average Bonchev–Trinajstić information content (AvgIpc) is 3.43. The number of piperidine rings is 1. The van der Waals surface area contributed by atoms with E-state index in [1.54, 1.807) is 0 Å². The summed E-state index contributed by atoms with van der Waals surface area (Å²) in [5.41, 5.74) is 7.66. The fourth-order valence-electron chi connectivity index (χ4n) is 6.72. The van der Waals surface area contributed by atoms with Crippen LogP contribution in [0.4, 0.5) is 0 Å². The molecule has 0 spiro atoms. The number of hydrogen-bond donors (Lipinski definition) is 1. The second-order valence-electron chi connectivity index (χ2n) is 12.7. The Bertz CT molecular complexity index is 1800. The Labute approximate surface area is 271 Å². The molecule has 7 heteroatoms. The van der Waals surface area contributed by atoms with E-state index < -0.39 is 0 Å². The predicted molar refractivity (Wildman–Crippen MR) is 185 cm³/mol. The minimum atomic E-state index is 0.402. The van der Waals surface area contributed by atoms with Gasteiger partial charge in [-0.3, -0.25) is 9.58 Å². The summed E-state index contributed by atoms with van der Waals surface area (Å²) in [7, 11) is 2.02. The third kappa shape index (κ3) is 6.86. The van der Waals surface area contributed by atoms with E-state index in [1.807, 2.05) is 72.4 Å². The van der Waals surface area contributed by atoms with E-state index in [-0.39, 0.29) is 0 Å². The van der Waals surface area contributed by atoms with E-state index in [9.17, 15) is 0 Å². The number of fused-ring (bicyclic) bond motifs is 1. The zero-order valence-corrected chi connectivity index (χ0v) is 26.9. The molecule has 0 aliphatic carbocycles. The van der Waals surface area contributed by atoms with Gasteiger partial charge < -0.3 is 14.8 Å². The lowest BCUT2D eigenvalue weighted by Crippen LogP contribution is -2.42. The highest BCUT2D eigenvalue weighted by molar-refractivity contribution is 5.96. The first-order chi connectivity index (χ1) is 22.6. The monoisotopic (exact) mass is 613 g/mol. The maximum atomic E-state index is 6.36. The van der Waals surface area contributed by atoms with Gasteiger partial charge in [0.2, 0.25) is 11.8 Å². The molecule has 0 unspecified atom stereocenters. The van der Waals surface area contributed by atoms with Crippen LogP contribution in [-0.4, -0.2) is 52.4 Å². The Morgan fingerprint density at radius 2 is 1.65 bits per heavy atom. The van der Waals surface area contributed by atoms with Crippen molar-refractivity contribution in [2.45, 2.75) is 33.0 Å². The highest BCUT2D eigenvalue weighted by Gasteiger charge is 2.25. The Morgan fingerprint density at radius 1 is 0.891 bits per heavy atom. The fraction of sp³-hybridized carbons (Fsp3) is 0.333. The summed E-state index contributed by atoms with van der Waals surface area (Å²) in [5, 5.41) is 9.61. The Balaban J connectivity index is 1.13. The van der Waals surface area contributed by atoms with Gasteiger partial charge in [0.1, 0.15) is 18.9 Å². The lowest BCUT2D eigenvalue weighted by atomic mass is 9.87. The molecule has 1 saturated heterocycles. The molecule has 1 fully saturated rings. The molecular weight excluding hydrogens is 570 g/mol. The number of pyridine rings is 1. The van der Waals surface area contributed by atoms with E-state index in [1.165, 1.54) is 24.1 Å². The highest BCUT2D eigenvalue weighted by atomic mass is 16.5. The third-order valence-corrected chi connectivity index (χ3v) is 9.51. The molecule has 5 aromatic rings. The van der Waals surface area contributed by atoms with Gasteiger partial charge >= 0.3 is 0 Å². The zero-order valence-electron chi connectivity index (χ0n) is 26.9. The first-order valence-corrected chi connectivity index (χ1v) is 16.5. The standard InChI is InChI=1S/C39H43N5O2/c1-28-24-40-20-17-33(28)25-44-21-18-31(19-22-44)32-13-14-34-36(23-32)43(2)42-38(34)35-15-16-37(45-26-29-9-5-3-6-10-29)41-39(35)46-27-30-11-7-4-8-12-30/h3-16,18,23,28,33,40H,17,19-22,24-27H2,1-2H3/t28-,33-/m0/s1. The van der Waals surface area contributed by atoms with Crippen molar-refractivity contribution in [1.29, 1.82) is 0 Å². The van der Waals surface area contributed by atoms with Crippen LogP contribution in [0, 0.1) is 11.8 Å². The van der Waals surface area contributed by atoms with Crippen molar-refractivity contribution < 1.29 is 9.47 Å². The van der Waals surface area contributed by atoms with E-state index in [2.05, 4.69) is 53.5 Å². The summed E-state index contributed by atoms with van der Waals surface area (Å²) in [6, 6.07) is 30.9. The summed E-state index contributed by atoms with van der Waals surface area (Å²) in [5.74, 6) is 2.57. The van der Waals surface area contributed by atoms with Gasteiger partial charge in [-0.1, -0.05) is 79.7 Å². The minimum absolute atomic E-state index is 0.402. The molecule has 2 aromatic heterocycles. The molecule has 7 rings (SSSR count). The van der Waals surface area contributed by atoms with Gasteiger partial charge in [0.25, 0.3) is 0 Å². The summed E-state index contributed by atoms with van der Waals surface area (Å²) in [4.78, 5) is 7.46. The summed E-state index contributed by atoms with van der Waals surface area (Å²) < 4.78 is 14.4. The summed E-state index contributed by atoms with van der Waals surface area (Å²) in [6.45, 7) is 8.87. The van der Waals surface area contributed by atoms with Crippen molar-refractivity contribution in [3.63, 3.8) is 0 Å². The quantitative estimate of drug-likeness (QED) is 0.181. The number of benzene rings is 3. The molecule has 0 bridgehead atoms. The van der Waals surface area contributed by atoms with Crippen LogP contribution in [0.1, 0.15) is 36.5 Å². The van der Waals surface area contributed by atoms with Crippen LogP contribution in [0.3, 0.4) is 0 Å². The van der Waals surface area contributed by atoms with Crippen molar-refractivity contribution in [1.82, 2.24) is 25.0 Å². The van der Waals surface area contributed by atoms with Gasteiger partial charge in [-0.15, -0.1) is 0 Å². The molecule has 7 nitrogen and oxygen atoms in total. The van der Waals surface area contributed by atoms with Crippen molar-refractivity contribution in [3.05, 3.63) is 114 Å². The highest BCUT2D eigenvalue weighted by Crippen LogP contribution is 2.37. The molecule has 46 heavy (non-hydrogen) atoms. The maximum Gasteiger partial charge on any atom is 0.226 e. The Morgan fingerprint density at radius 3 is 2.37 bits per heavy atom. The predicted octanol–water partition coefficient (Wildman–Crippen LogP) is 7.13. The number of hydrogen-bond acceptors (Lipinski definition) is 6. The fourth-order valence-corrected chi connectivity index (χ4v) is 6.72. The van der Waals surface area contributed by atoms with Crippen LogP contribution >= 0.6 is 0 Å². The lowest BCUT2D eigenvalue weighted by molar-refractivity contribution is 0.178. The van der Waals surface area contributed by atoms with Gasteiger partial charge in [-0.2, -0.15) is 10.1 Å². The molecule has 3 aromatic carbocycles. The largest absolute Gasteiger partial charge is 0.473 e. The van der Waals surface area contributed by atoms with E-state index in [4.69, 9.17) is 19.6 Å². The van der Waals surface area contributed by atoms with Gasteiger partial charge in [-0.05, 0) is 78.2 Å². The second-order valence-corrected chi connectivity index (χ2v) is 12.7. The smallest absolute Gasteiger partial charge is 0.226 e. The lowest BCUT2D eigenvalue weighted by Gasteiger charge is -2.35. The van der Waals surface area contributed by atoms with Crippen molar-refractivity contribution >= 4 is 16.5 Å². The van der Waals surface area contributed by atoms with Gasteiger partial charge in [-0.25, -0.2) is 0 Å². The number of nitrogens with zero attached hydrogens (tertiary/aromatic N) is 4. The molecule has 4 heterocycles. The molecule has 0 saturated carbocycles. The van der Waals surface area contributed by atoms with E-state index in [0.29, 0.717) is 25.0 Å². The Kier molecular flexibility index (Phi) is 9.12. The summed E-state index contributed by atoms with van der Waals surface area (Å²) >= 11 is 0. The average molecular weight is 614 g/mol. The molecule has 0 amide bonds. The van der Waals surface area contributed by atoms with Crippen LogP contribution in [0.15, 0.2) is 97.1 Å². The molecule has 2 atom stereocenters. The number of ether oxygens (including phenoxy) is 2. The van der Waals surface area contributed by atoms with Gasteiger partial charge in [0.15, 0.2) is 0 Å². The molecule has 2 aliphatic heterocycles. The molecular formula is C39H43N5O2. The van der Waals surface area contributed by atoms with Crippen LogP contribution in [-0.2, 0) is 20.3 Å². The number of rotatable bonds is 10. The molecule has 0 radical (unpaired) electrons. The molecule has 1 N–H and O–H groups in total. The Hall–Kier alpha value is -4.46. The zero-order chi connectivity index (χ0) is 31.3. The van der Waals surface area contributed by atoms with Crippen molar-refractivity contribution in [2.75, 3.05) is 32.7 Å². The minimum Gasteiger partial charge on any atom is -0.473 e. The normalized spacial score (nSPS) is 18.8. The topological polar surface area (TPSA) is 64.4 Å². The number of nitrogens with one attached hydrogen (secondary N) is 1. The SMILES string of the molecule is C[C@H]1CNCC[C@H]1CN1CC=C(c2ccc3c(-c4ccc(OCc5ccccc5)nc4OCc4ccccc4)nn(C)c3c2)CC1. The van der Waals surface area contributed by atoms with Crippen molar-refractivity contribution in [3.8, 4) is 23.0 Å². The first-order valence-electron chi connectivity index (χ1n) is 16.5. The van der Waals surface area contributed by atoms with Gasteiger partial charge in [0, 0.05) is 38.1 Å². The first kappa shape index (κ1) is 30.2. The molecule has 2 aliphatic rings. The number of aryl methyl sites for hydroxylation is 1. The van der Waals surface area contributed by atoms with Crippen LogP contribution in [0.2, 0.25) is 0 Å². The maximum absolute atomic E-state index is 6.36. The van der Waals surface area contributed by atoms with Crippen LogP contribution in [0.25, 0.3) is 27.7 Å². The third-order valence-electron chi connectivity index (χ3n) is 9.51. The second kappa shape index (κ2) is 13.9. The molecule has 236 valence electrons. The van der Waals surface area contributed by atoms with Crippen LogP contribution in [0.5, 0.6) is 11.8 Å². The summed E-state index contributed by atoms with van der Waals surface area (Å²) in [6.07, 6.45) is 4.79. The number of aromatic nitrogens is 3. The van der Waals surface area contributed by atoms with Crippen molar-refractivity contribution in [2.24, 2.45) is 18.9 Å². The van der Waals surface area contributed by atoms with Crippen LogP contribution < -0.4 is 14.8 Å².